The molecule has 0 bridgehead atoms. The third-order valence-corrected chi connectivity index (χ3v) is 7.31. The molecule has 2 amide bonds. The molecule has 2 aliphatic rings. The molecule has 0 radical (unpaired) electrons. The van der Waals surface area contributed by atoms with Crippen molar-refractivity contribution in [1.82, 2.24) is 24.5 Å². The zero-order valence-corrected chi connectivity index (χ0v) is 22.7. The Balaban J connectivity index is 1.57. The van der Waals surface area contributed by atoms with Gasteiger partial charge in [0.1, 0.15) is 17.5 Å². The van der Waals surface area contributed by atoms with Gasteiger partial charge < -0.3 is 19.4 Å². The van der Waals surface area contributed by atoms with Gasteiger partial charge in [-0.15, -0.1) is 0 Å². The first-order valence-electron chi connectivity index (χ1n) is 13.0. The standard InChI is InChI=1S/C27H39F2N5O3/c1-18-8-7-13-34-20(18)16-30-23(34)26(5,6)31-22(35)21-17-32(24(36)37-25(2,3)4)14-15-33(21)19-9-11-27(28,29)12-10-19/h7-8,13,16,19,21H,9-12,14-15,17H2,1-6H3,(H,31,35)/t21-/m0/s1. The van der Waals surface area contributed by atoms with E-state index < -0.39 is 29.2 Å². The van der Waals surface area contributed by atoms with E-state index in [4.69, 9.17) is 4.74 Å². The first-order chi connectivity index (χ1) is 17.2. The molecular formula is C27H39F2N5O3. The summed E-state index contributed by atoms with van der Waals surface area (Å²) in [5.41, 5.74) is 0.543. The van der Waals surface area contributed by atoms with E-state index in [1.165, 1.54) is 0 Å². The number of rotatable bonds is 4. The number of alkyl halides is 2. The number of imidazole rings is 1. The average molecular weight is 520 g/mol. The summed E-state index contributed by atoms with van der Waals surface area (Å²) in [6, 6.07) is 3.11. The Morgan fingerprint density at radius 2 is 1.81 bits per heavy atom. The lowest BCUT2D eigenvalue weighted by Crippen LogP contribution is -2.64. The maximum atomic E-state index is 13.9. The van der Waals surface area contributed by atoms with Gasteiger partial charge in [-0.25, -0.2) is 18.6 Å². The largest absolute Gasteiger partial charge is 0.444 e. The number of hydrogen-bond acceptors (Lipinski definition) is 5. The van der Waals surface area contributed by atoms with E-state index in [0.717, 1.165) is 11.1 Å². The predicted octanol–water partition coefficient (Wildman–Crippen LogP) is 4.49. The third kappa shape index (κ3) is 6.05. The Kier molecular flexibility index (Phi) is 7.27. The van der Waals surface area contributed by atoms with Crippen LogP contribution in [0.2, 0.25) is 0 Å². The molecule has 1 N–H and O–H groups in total. The second kappa shape index (κ2) is 9.85. The summed E-state index contributed by atoms with van der Waals surface area (Å²) < 4.78 is 35.3. The number of ether oxygens (including phenoxy) is 1. The highest BCUT2D eigenvalue weighted by Crippen LogP contribution is 2.36. The number of aryl methyl sites for hydroxylation is 1. The number of carbonyl (C=O) groups is 2. The monoisotopic (exact) mass is 519 g/mol. The van der Waals surface area contributed by atoms with E-state index >= 15 is 0 Å². The molecule has 2 aromatic rings. The smallest absolute Gasteiger partial charge is 0.410 e. The normalized spacial score (nSPS) is 21.7. The minimum absolute atomic E-state index is 0.130. The average Bonchev–Trinajstić information content (AvgIpc) is 3.24. The molecule has 8 nitrogen and oxygen atoms in total. The first kappa shape index (κ1) is 27.3. The van der Waals surface area contributed by atoms with Gasteiger partial charge in [0, 0.05) is 44.7 Å². The topological polar surface area (TPSA) is 79.2 Å². The Morgan fingerprint density at radius 1 is 1.14 bits per heavy atom. The molecule has 10 heteroatoms. The number of hydrogen-bond donors (Lipinski definition) is 1. The Morgan fingerprint density at radius 3 is 2.46 bits per heavy atom. The van der Waals surface area contributed by atoms with E-state index in [2.05, 4.69) is 10.3 Å². The molecule has 0 spiro atoms. The van der Waals surface area contributed by atoms with Gasteiger partial charge in [0.2, 0.25) is 11.8 Å². The van der Waals surface area contributed by atoms with Crippen molar-refractivity contribution in [2.75, 3.05) is 19.6 Å². The van der Waals surface area contributed by atoms with Crippen LogP contribution in [-0.2, 0) is 15.1 Å². The fraction of sp³-hybridized carbons (Fsp3) is 0.667. The van der Waals surface area contributed by atoms with E-state index in [1.807, 2.05) is 48.4 Å². The van der Waals surface area contributed by atoms with Crippen LogP contribution in [0.4, 0.5) is 13.6 Å². The van der Waals surface area contributed by atoms with E-state index in [0.29, 0.717) is 31.8 Å². The summed E-state index contributed by atoms with van der Waals surface area (Å²) in [5.74, 6) is -2.24. The molecule has 204 valence electrons. The third-order valence-electron chi connectivity index (χ3n) is 7.31. The van der Waals surface area contributed by atoms with E-state index in [1.54, 1.807) is 31.9 Å². The highest BCUT2D eigenvalue weighted by molar-refractivity contribution is 5.84. The Labute approximate surface area is 217 Å². The molecule has 37 heavy (non-hydrogen) atoms. The van der Waals surface area contributed by atoms with Gasteiger partial charge in [-0.3, -0.25) is 9.69 Å². The number of piperazine rings is 1. The quantitative estimate of drug-likeness (QED) is 0.644. The zero-order chi connectivity index (χ0) is 27.2. The van der Waals surface area contributed by atoms with Crippen molar-refractivity contribution in [1.29, 1.82) is 0 Å². The SMILES string of the molecule is Cc1cccn2c(C(C)(C)NC(=O)[C@@H]3CN(C(=O)OC(C)(C)C)CCN3C3CCC(F)(F)CC3)ncc12. The van der Waals surface area contributed by atoms with Crippen LogP contribution >= 0.6 is 0 Å². The van der Waals surface area contributed by atoms with Crippen LogP contribution in [0.5, 0.6) is 0 Å². The van der Waals surface area contributed by atoms with Crippen molar-refractivity contribution in [3.63, 3.8) is 0 Å². The first-order valence-corrected chi connectivity index (χ1v) is 13.0. The number of halogens is 2. The summed E-state index contributed by atoms with van der Waals surface area (Å²) in [4.78, 5) is 34.8. The maximum Gasteiger partial charge on any atom is 0.410 e. The number of aromatic nitrogens is 2. The molecule has 3 heterocycles. The molecular weight excluding hydrogens is 480 g/mol. The van der Waals surface area contributed by atoms with Crippen molar-refractivity contribution in [3.05, 3.63) is 35.9 Å². The van der Waals surface area contributed by atoms with Gasteiger partial charge in [-0.1, -0.05) is 6.07 Å². The van der Waals surface area contributed by atoms with Crippen molar-refractivity contribution in [2.24, 2.45) is 0 Å². The zero-order valence-electron chi connectivity index (χ0n) is 22.7. The maximum absolute atomic E-state index is 13.9. The van der Waals surface area contributed by atoms with Crippen LogP contribution in [-0.4, -0.2) is 74.4 Å². The second-order valence-corrected chi connectivity index (χ2v) is 11.9. The summed E-state index contributed by atoms with van der Waals surface area (Å²) in [6.45, 7) is 12.1. The summed E-state index contributed by atoms with van der Waals surface area (Å²) in [6.07, 6.45) is 3.48. The number of nitrogens with zero attached hydrogens (tertiary/aromatic N) is 4. The van der Waals surface area contributed by atoms with Gasteiger partial charge in [0.15, 0.2) is 0 Å². The van der Waals surface area contributed by atoms with Crippen LogP contribution in [0.25, 0.3) is 5.52 Å². The number of pyridine rings is 1. The molecule has 0 unspecified atom stereocenters. The Hall–Kier alpha value is -2.75. The lowest BCUT2D eigenvalue weighted by Gasteiger charge is -2.46. The number of carbonyl (C=O) groups excluding carboxylic acids is 2. The molecule has 1 saturated carbocycles. The molecule has 4 rings (SSSR count). The van der Waals surface area contributed by atoms with Gasteiger partial charge in [-0.2, -0.15) is 0 Å². The molecule has 1 aliphatic heterocycles. The van der Waals surface area contributed by atoms with Gasteiger partial charge in [0.25, 0.3) is 0 Å². The van der Waals surface area contributed by atoms with Gasteiger partial charge >= 0.3 is 6.09 Å². The Bertz CT molecular complexity index is 1150. The lowest BCUT2D eigenvalue weighted by molar-refractivity contribution is -0.133. The van der Waals surface area contributed by atoms with Crippen molar-refractivity contribution in [2.45, 2.75) is 96.4 Å². The van der Waals surface area contributed by atoms with Crippen LogP contribution in [0.15, 0.2) is 24.5 Å². The minimum Gasteiger partial charge on any atom is -0.444 e. The number of nitrogens with one attached hydrogen (secondary N) is 1. The molecule has 1 aliphatic carbocycles. The van der Waals surface area contributed by atoms with Gasteiger partial charge in [0.05, 0.1) is 17.3 Å². The van der Waals surface area contributed by atoms with E-state index in [9.17, 15) is 18.4 Å². The fourth-order valence-corrected chi connectivity index (χ4v) is 5.39. The van der Waals surface area contributed by atoms with E-state index in [-0.39, 0.29) is 31.3 Å². The second-order valence-electron chi connectivity index (χ2n) is 11.9. The minimum atomic E-state index is -2.66. The highest BCUT2D eigenvalue weighted by atomic mass is 19.3. The van der Waals surface area contributed by atoms with Crippen molar-refractivity contribution in [3.8, 4) is 0 Å². The molecule has 1 saturated heterocycles. The molecule has 2 fully saturated rings. The molecule has 0 aromatic carbocycles. The lowest BCUT2D eigenvalue weighted by atomic mass is 9.89. The highest BCUT2D eigenvalue weighted by Gasteiger charge is 2.44. The summed E-state index contributed by atoms with van der Waals surface area (Å²) in [7, 11) is 0. The molecule has 1 atom stereocenters. The number of fused-ring (bicyclic) bond motifs is 1. The van der Waals surface area contributed by atoms with Crippen LogP contribution < -0.4 is 5.32 Å². The predicted molar refractivity (Wildman–Crippen MR) is 137 cm³/mol. The summed E-state index contributed by atoms with van der Waals surface area (Å²) in [5, 5.41) is 3.14. The fourth-order valence-electron chi connectivity index (χ4n) is 5.39. The van der Waals surface area contributed by atoms with Crippen LogP contribution in [0, 0.1) is 6.92 Å². The van der Waals surface area contributed by atoms with Crippen molar-refractivity contribution < 1.29 is 23.1 Å². The molecule has 2 aromatic heterocycles. The van der Waals surface area contributed by atoms with Gasteiger partial charge in [-0.05, 0) is 66.0 Å². The number of amides is 2. The van der Waals surface area contributed by atoms with Crippen LogP contribution in [0.3, 0.4) is 0 Å². The van der Waals surface area contributed by atoms with Crippen LogP contribution in [0.1, 0.15) is 71.7 Å². The van der Waals surface area contributed by atoms with Crippen molar-refractivity contribution >= 4 is 17.5 Å². The summed E-state index contributed by atoms with van der Waals surface area (Å²) >= 11 is 0.